The molecule has 1 aliphatic heterocycles. The van der Waals surface area contributed by atoms with Crippen molar-refractivity contribution in [1.82, 2.24) is 10.2 Å². The highest BCUT2D eigenvalue weighted by Crippen LogP contribution is 2.22. The third-order valence-electron chi connectivity index (χ3n) is 3.26. The van der Waals surface area contributed by atoms with Gasteiger partial charge in [0.05, 0.1) is 17.3 Å². The molecule has 1 aromatic rings. The number of nitrogens with zero attached hydrogens (tertiary/aromatic N) is 1. The molecule has 1 fully saturated rings. The highest BCUT2D eigenvalue weighted by molar-refractivity contribution is 6.33. The molecule has 1 aromatic carbocycles. The molecule has 19 heavy (non-hydrogen) atoms. The fourth-order valence-corrected chi connectivity index (χ4v) is 2.37. The van der Waals surface area contributed by atoms with Crippen LogP contribution in [-0.4, -0.2) is 43.5 Å². The maximum absolute atomic E-state index is 12.9. The predicted molar refractivity (Wildman–Crippen MR) is 73.9 cm³/mol. The molecule has 0 aliphatic carbocycles. The Labute approximate surface area is 116 Å². The first-order chi connectivity index (χ1) is 9.06. The largest absolute Gasteiger partial charge is 0.324 e. The maximum Gasteiger partial charge on any atom is 0.238 e. The van der Waals surface area contributed by atoms with Gasteiger partial charge in [0, 0.05) is 12.6 Å². The van der Waals surface area contributed by atoms with Crippen molar-refractivity contribution in [1.29, 1.82) is 0 Å². The van der Waals surface area contributed by atoms with E-state index in [-0.39, 0.29) is 10.9 Å². The van der Waals surface area contributed by atoms with Crippen molar-refractivity contribution in [3.8, 4) is 0 Å². The van der Waals surface area contributed by atoms with Crippen molar-refractivity contribution >= 4 is 23.2 Å². The molecule has 0 bridgehead atoms. The Bertz CT molecular complexity index is 463. The summed E-state index contributed by atoms with van der Waals surface area (Å²) < 4.78 is 12.9. The van der Waals surface area contributed by atoms with Crippen LogP contribution in [0.5, 0.6) is 0 Å². The van der Waals surface area contributed by atoms with Gasteiger partial charge in [0.2, 0.25) is 5.91 Å². The fraction of sp³-hybridized carbons (Fsp3) is 0.462. The number of benzene rings is 1. The minimum absolute atomic E-state index is 0.150. The number of halogens is 2. The van der Waals surface area contributed by atoms with Crippen LogP contribution in [0.15, 0.2) is 18.2 Å². The number of carbonyl (C=O) groups is 1. The molecule has 2 rings (SSSR count). The van der Waals surface area contributed by atoms with Gasteiger partial charge in [-0.15, -0.1) is 0 Å². The third kappa shape index (κ3) is 3.89. The van der Waals surface area contributed by atoms with Crippen molar-refractivity contribution < 1.29 is 9.18 Å². The van der Waals surface area contributed by atoms with Crippen LogP contribution in [0.1, 0.15) is 6.42 Å². The van der Waals surface area contributed by atoms with Gasteiger partial charge < -0.3 is 10.6 Å². The van der Waals surface area contributed by atoms with E-state index in [9.17, 15) is 9.18 Å². The van der Waals surface area contributed by atoms with Gasteiger partial charge >= 0.3 is 0 Å². The first-order valence-corrected chi connectivity index (χ1v) is 6.60. The van der Waals surface area contributed by atoms with E-state index in [1.54, 1.807) is 0 Å². The summed E-state index contributed by atoms with van der Waals surface area (Å²) in [5.41, 5.74) is 0.436. The number of amides is 1. The molecule has 0 spiro atoms. The summed E-state index contributed by atoms with van der Waals surface area (Å²) in [5.74, 6) is -0.569. The van der Waals surface area contributed by atoms with Gasteiger partial charge in [-0.25, -0.2) is 4.39 Å². The summed E-state index contributed by atoms with van der Waals surface area (Å²) in [6, 6.07) is 4.30. The summed E-state index contributed by atoms with van der Waals surface area (Å²) in [6.07, 6.45) is 1.04. The zero-order chi connectivity index (χ0) is 13.8. The molecule has 104 valence electrons. The maximum atomic E-state index is 12.9. The highest BCUT2D eigenvalue weighted by atomic mass is 35.5. The van der Waals surface area contributed by atoms with Crippen LogP contribution in [0.3, 0.4) is 0 Å². The van der Waals surface area contributed by atoms with Crippen LogP contribution in [-0.2, 0) is 4.79 Å². The summed E-state index contributed by atoms with van der Waals surface area (Å²) in [7, 11) is 1.92. The molecular formula is C13H17ClFN3O. The van der Waals surface area contributed by atoms with Crippen molar-refractivity contribution in [2.75, 3.05) is 32.0 Å². The Morgan fingerprint density at radius 3 is 3.05 bits per heavy atom. The summed E-state index contributed by atoms with van der Waals surface area (Å²) in [5, 5.41) is 6.15. The lowest BCUT2D eigenvalue weighted by Gasteiger charge is -2.22. The Morgan fingerprint density at radius 1 is 1.63 bits per heavy atom. The third-order valence-corrected chi connectivity index (χ3v) is 3.57. The normalized spacial score (nSPS) is 18.8. The molecule has 1 unspecified atom stereocenters. The molecule has 0 radical (unpaired) electrons. The van der Waals surface area contributed by atoms with Crippen LogP contribution >= 0.6 is 11.6 Å². The average Bonchev–Trinajstić information content (AvgIpc) is 2.86. The van der Waals surface area contributed by atoms with Crippen molar-refractivity contribution in [3.05, 3.63) is 29.0 Å². The Hall–Kier alpha value is -1.17. The van der Waals surface area contributed by atoms with Crippen molar-refractivity contribution in [2.24, 2.45) is 0 Å². The van der Waals surface area contributed by atoms with E-state index in [0.717, 1.165) is 19.5 Å². The Morgan fingerprint density at radius 2 is 2.42 bits per heavy atom. The SMILES string of the molecule is CN(CC(=O)Nc1ccc(F)cc1Cl)C1CCNC1. The lowest BCUT2D eigenvalue weighted by Crippen LogP contribution is -2.39. The number of hydrogen-bond acceptors (Lipinski definition) is 3. The van der Waals surface area contributed by atoms with Gasteiger partial charge in [-0.2, -0.15) is 0 Å². The topological polar surface area (TPSA) is 44.4 Å². The smallest absolute Gasteiger partial charge is 0.238 e. The lowest BCUT2D eigenvalue weighted by molar-refractivity contribution is -0.117. The van der Waals surface area contributed by atoms with E-state index in [1.165, 1.54) is 18.2 Å². The molecule has 4 nitrogen and oxygen atoms in total. The molecule has 6 heteroatoms. The molecule has 1 saturated heterocycles. The van der Waals surface area contributed by atoms with Gasteiger partial charge in [0.15, 0.2) is 0 Å². The number of anilines is 1. The Balaban J connectivity index is 1.89. The molecule has 1 atom stereocenters. The molecule has 1 aliphatic rings. The van der Waals surface area contributed by atoms with Gasteiger partial charge in [0.1, 0.15) is 5.82 Å². The second kappa shape index (κ2) is 6.32. The monoisotopic (exact) mass is 285 g/mol. The summed E-state index contributed by atoms with van der Waals surface area (Å²) in [6.45, 7) is 2.18. The van der Waals surface area contributed by atoms with Crippen LogP contribution in [0.2, 0.25) is 5.02 Å². The number of carbonyl (C=O) groups excluding carboxylic acids is 1. The van der Waals surface area contributed by atoms with E-state index in [2.05, 4.69) is 10.6 Å². The quantitative estimate of drug-likeness (QED) is 0.885. The fourth-order valence-electron chi connectivity index (χ4n) is 2.15. The van der Waals surface area contributed by atoms with Crippen LogP contribution in [0.4, 0.5) is 10.1 Å². The predicted octanol–water partition coefficient (Wildman–Crippen LogP) is 1.71. The van der Waals surface area contributed by atoms with Crippen LogP contribution < -0.4 is 10.6 Å². The van der Waals surface area contributed by atoms with Gasteiger partial charge in [0.25, 0.3) is 0 Å². The van der Waals surface area contributed by atoms with Crippen LogP contribution in [0.25, 0.3) is 0 Å². The minimum atomic E-state index is -0.419. The second-order valence-corrected chi connectivity index (χ2v) is 5.14. The van der Waals surface area contributed by atoms with E-state index < -0.39 is 5.82 Å². The summed E-state index contributed by atoms with van der Waals surface area (Å²) in [4.78, 5) is 13.9. The Kier molecular flexibility index (Phi) is 4.74. The van der Waals surface area contributed by atoms with Gasteiger partial charge in [-0.05, 0) is 38.2 Å². The first kappa shape index (κ1) is 14.2. The molecule has 2 N–H and O–H groups in total. The molecule has 1 heterocycles. The number of hydrogen-bond donors (Lipinski definition) is 2. The van der Waals surface area contributed by atoms with E-state index in [4.69, 9.17) is 11.6 Å². The number of rotatable bonds is 4. The lowest BCUT2D eigenvalue weighted by atomic mass is 10.2. The first-order valence-electron chi connectivity index (χ1n) is 6.22. The number of nitrogens with one attached hydrogen (secondary N) is 2. The standard InChI is InChI=1S/C13H17ClFN3O/c1-18(10-4-5-16-7-10)8-13(19)17-12-3-2-9(15)6-11(12)14/h2-3,6,10,16H,4-5,7-8H2,1H3,(H,17,19). The molecule has 1 amide bonds. The summed E-state index contributed by atoms with van der Waals surface area (Å²) >= 11 is 5.86. The van der Waals surface area contributed by atoms with E-state index >= 15 is 0 Å². The van der Waals surface area contributed by atoms with Crippen molar-refractivity contribution in [3.63, 3.8) is 0 Å². The van der Waals surface area contributed by atoms with Gasteiger partial charge in [-0.3, -0.25) is 9.69 Å². The van der Waals surface area contributed by atoms with Crippen LogP contribution in [0, 0.1) is 5.82 Å². The highest BCUT2D eigenvalue weighted by Gasteiger charge is 2.21. The second-order valence-electron chi connectivity index (χ2n) is 4.73. The zero-order valence-corrected chi connectivity index (χ0v) is 11.5. The van der Waals surface area contributed by atoms with E-state index in [0.29, 0.717) is 18.3 Å². The van der Waals surface area contributed by atoms with Gasteiger partial charge in [-0.1, -0.05) is 11.6 Å². The molecular weight excluding hydrogens is 269 g/mol. The number of likely N-dealkylation sites (N-methyl/N-ethyl adjacent to an activating group) is 1. The minimum Gasteiger partial charge on any atom is -0.324 e. The average molecular weight is 286 g/mol. The zero-order valence-electron chi connectivity index (χ0n) is 10.7. The van der Waals surface area contributed by atoms with Crippen molar-refractivity contribution in [2.45, 2.75) is 12.5 Å². The van der Waals surface area contributed by atoms with E-state index in [1.807, 2.05) is 11.9 Å². The molecule has 0 aromatic heterocycles. The molecule has 0 saturated carbocycles.